The fourth-order valence-electron chi connectivity index (χ4n) is 3.45. The summed E-state index contributed by atoms with van der Waals surface area (Å²) in [5.41, 5.74) is 2.61. The van der Waals surface area contributed by atoms with Crippen molar-refractivity contribution < 1.29 is 17.9 Å². The molecule has 1 atom stereocenters. The van der Waals surface area contributed by atoms with E-state index in [4.69, 9.17) is 4.74 Å². The van der Waals surface area contributed by atoms with Crippen LogP contribution in [0, 0.1) is 6.92 Å². The predicted molar refractivity (Wildman–Crippen MR) is 126 cm³/mol. The second kappa shape index (κ2) is 11.2. The number of ether oxygens (including phenoxy) is 1. The van der Waals surface area contributed by atoms with Crippen LogP contribution in [0.3, 0.4) is 0 Å². The van der Waals surface area contributed by atoms with Crippen LogP contribution < -0.4 is 14.4 Å². The fourth-order valence-corrected chi connectivity index (χ4v) is 4.66. The molecule has 0 bridgehead atoms. The smallest absolute Gasteiger partial charge is 0.243 e. The van der Waals surface area contributed by atoms with E-state index < -0.39 is 16.1 Å². The van der Waals surface area contributed by atoms with Crippen molar-refractivity contribution in [2.24, 2.45) is 0 Å². The van der Waals surface area contributed by atoms with Crippen molar-refractivity contribution in [3.63, 3.8) is 0 Å². The SMILES string of the molecule is CCC(C(=O)NCCCc1ccc(OC(C)C)cc1)N(c1cccc(C)c1)S(C)(=O)=O. The molecule has 0 spiro atoms. The molecule has 7 heteroatoms. The van der Waals surface area contributed by atoms with E-state index in [1.165, 1.54) is 4.31 Å². The predicted octanol–water partition coefficient (Wildman–Crippen LogP) is 4.08. The summed E-state index contributed by atoms with van der Waals surface area (Å²) in [7, 11) is -3.62. The number of hydrogen-bond donors (Lipinski definition) is 1. The average molecular weight is 447 g/mol. The summed E-state index contributed by atoms with van der Waals surface area (Å²) in [6.45, 7) is 8.17. The molecule has 0 fully saturated rings. The number of rotatable bonds is 11. The van der Waals surface area contributed by atoms with Crippen molar-refractivity contribution in [1.29, 1.82) is 0 Å². The lowest BCUT2D eigenvalue weighted by atomic mass is 10.1. The van der Waals surface area contributed by atoms with Gasteiger partial charge in [-0.15, -0.1) is 0 Å². The van der Waals surface area contributed by atoms with E-state index in [0.717, 1.165) is 36.0 Å². The van der Waals surface area contributed by atoms with E-state index in [0.29, 0.717) is 18.7 Å². The Labute approximate surface area is 186 Å². The number of anilines is 1. The van der Waals surface area contributed by atoms with Gasteiger partial charge < -0.3 is 10.1 Å². The number of amides is 1. The minimum atomic E-state index is -3.62. The molecule has 2 rings (SSSR count). The Kier molecular flexibility index (Phi) is 8.92. The summed E-state index contributed by atoms with van der Waals surface area (Å²) >= 11 is 0. The molecule has 1 unspecified atom stereocenters. The minimum absolute atomic E-state index is 0.138. The Morgan fingerprint density at radius 2 is 1.81 bits per heavy atom. The van der Waals surface area contributed by atoms with Gasteiger partial charge in [0.2, 0.25) is 15.9 Å². The molecule has 6 nitrogen and oxygen atoms in total. The minimum Gasteiger partial charge on any atom is -0.491 e. The zero-order chi connectivity index (χ0) is 23.0. The van der Waals surface area contributed by atoms with Gasteiger partial charge in [0.1, 0.15) is 11.8 Å². The molecular weight excluding hydrogens is 412 g/mol. The van der Waals surface area contributed by atoms with Crippen LogP contribution in [0.15, 0.2) is 48.5 Å². The molecule has 1 amide bonds. The van der Waals surface area contributed by atoms with Gasteiger partial charge in [-0.1, -0.05) is 31.2 Å². The molecule has 0 radical (unpaired) electrons. The van der Waals surface area contributed by atoms with Crippen LogP contribution in [-0.2, 0) is 21.2 Å². The third kappa shape index (κ3) is 7.58. The van der Waals surface area contributed by atoms with Crippen molar-refractivity contribution in [1.82, 2.24) is 5.32 Å². The van der Waals surface area contributed by atoms with Gasteiger partial charge in [0.15, 0.2) is 0 Å². The first kappa shape index (κ1) is 24.7. The molecule has 2 aromatic carbocycles. The number of carbonyl (C=O) groups excluding carboxylic acids is 1. The van der Waals surface area contributed by atoms with Gasteiger partial charge >= 0.3 is 0 Å². The molecule has 0 aliphatic rings. The summed E-state index contributed by atoms with van der Waals surface area (Å²) in [6, 6.07) is 14.4. The van der Waals surface area contributed by atoms with Crippen LogP contribution in [-0.4, -0.2) is 39.3 Å². The lowest BCUT2D eigenvalue weighted by Gasteiger charge is -2.30. The first-order valence-electron chi connectivity index (χ1n) is 10.7. The van der Waals surface area contributed by atoms with Gasteiger partial charge in [0.25, 0.3) is 0 Å². The molecule has 0 aliphatic carbocycles. The van der Waals surface area contributed by atoms with Crippen LogP contribution in [0.4, 0.5) is 5.69 Å². The highest BCUT2D eigenvalue weighted by atomic mass is 32.2. The highest BCUT2D eigenvalue weighted by Crippen LogP contribution is 2.23. The van der Waals surface area contributed by atoms with E-state index in [1.807, 2.05) is 58.0 Å². The maximum absolute atomic E-state index is 12.8. The lowest BCUT2D eigenvalue weighted by Crippen LogP contribution is -2.49. The molecule has 1 N–H and O–H groups in total. The topological polar surface area (TPSA) is 75.7 Å². The molecule has 31 heavy (non-hydrogen) atoms. The summed E-state index contributed by atoms with van der Waals surface area (Å²) in [5, 5.41) is 2.91. The summed E-state index contributed by atoms with van der Waals surface area (Å²) in [5.74, 6) is 0.560. The Bertz CT molecular complexity index is 956. The number of carbonyl (C=O) groups is 1. The zero-order valence-corrected chi connectivity index (χ0v) is 19.9. The molecular formula is C24H34N2O4S. The molecule has 0 heterocycles. The van der Waals surface area contributed by atoms with Gasteiger partial charge in [0.05, 0.1) is 18.0 Å². The number of hydrogen-bond acceptors (Lipinski definition) is 4. The lowest BCUT2D eigenvalue weighted by molar-refractivity contribution is -0.122. The van der Waals surface area contributed by atoms with Gasteiger partial charge in [0, 0.05) is 6.54 Å². The van der Waals surface area contributed by atoms with E-state index >= 15 is 0 Å². The monoisotopic (exact) mass is 446 g/mol. The Morgan fingerprint density at radius 3 is 2.35 bits per heavy atom. The average Bonchev–Trinajstić information content (AvgIpc) is 2.69. The Hall–Kier alpha value is -2.54. The third-order valence-corrected chi connectivity index (χ3v) is 6.00. The molecule has 0 aromatic heterocycles. The summed E-state index contributed by atoms with van der Waals surface area (Å²) < 4.78 is 31.9. The number of nitrogens with zero attached hydrogens (tertiary/aromatic N) is 1. The van der Waals surface area contributed by atoms with Crippen LogP contribution in [0.25, 0.3) is 0 Å². The zero-order valence-electron chi connectivity index (χ0n) is 19.1. The number of aryl methyl sites for hydroxylation is 2. The maximum Gasteiger partial charge on any atom is 0.243 e. The van der Waals surface area contributed by atoms with Crippen LogP contribution in [0.1, 0.15) is 44.7 Å². The van der Waals surface area contributed by atoms with E-state index in [1.54, 1.807) is 18.2 Å². The van der Waals surface area contributed by atoms with E-state index in [9.17, 15) is 13.2 Å². The second-order valence-corrected chi connectivity index (χ2v) is 9.89. The number of nitrogens with one attached hydrogen (secondary N) is 1. The fraction of sp³-hybridized carbons (Fsp3) is 0.458. The maximum atomic E-state index is 12.8. The van der Waals surface area contributed by atoms with E-state index in [2.05, 4.69) is 5.32 Å². The summed E-state index contributed by atoms with van der Waals surface area (Å²) in [6.07, 6.45) is 3.23. The van der Waals surface area contributed by atoms with Gasteiger partial charge in [-0.3, -0.25) is 9.10 Å². The molecule has 0 saturated carbocycles. The van der Waals surface area contributed by atoms with Gasteiger partial charge in [-0.2, -0.15) is 0 Å². The standard InChI is InChI=1S/C24H34N2O4S/c1-6-23(26(31(5,28)29)21-11-7-9-19(4)17-21)24(27)25-16-8-10-20-12-14-22(15-13-20)30-18(2)3/h7,9,11-15,17-18,23H,6,8,10,16H2,1-5H3,(H,25,27). The van der Waals surface area contributed by atoms with Crippen molar-refractivity contribution in [2.45, 2.75) is 59.1 Å². The second-order valence-electron chi connectivity index (χ2n) is 8.03. The van der Waals surface area contributed by atoms with Crippen molar-refractivity contribution in [3.8, 4) is 5.75 Å². The first-order chi connectivity index (χ1) is 14.6. The first-order valence-corrected chi connectivity index (χ1v) is 12.6. The summed E-state index contributed by atoms with van der Waals surface area (Å²) in [4.78, 5) is 12.8. The van der Waals surface area contributed by atoms with Crippen LogP contribution in [0.5, 0.6) is 5.75 Å². The van der Waals surface area contributed by atoms with Gasteiger partial charge in [-0.05, 0) is 75.4 Å². The van der Waals surface area contributed by atoms with Crippen molar-refractivity contribution >= 4 is 21.6 Å². The molecule has 0 aliphatic heterocycles. The third-order valence-electron chi connectivity index (χ3n) is 4.82. The number of sulfonamides is 1. The van der Waals surface area contributed by atoms with Gasteiger partial charge in [-0.25, -0.2) is 8.42 Å². The normalized spacial score (nSPS) is 12.5. The van der Waals surface area contributed by atoms with Crippen molar-refractivity contribution in [3.05, 3.63) is 59.7 Å². The Balaban J connectivity index is 1.97. The van der Waals surface area contributed by atoms with Crippen LogP contribution in [0.2, 0.25) is 0 Å². The Morgan fingerprint density at radius 1 is 1.13 bits per heavy atom. The molecule has 170 valence electrons. The van der Waals surface area contributed by atoms with Crippen molar-refractivity contribution in [2.75, 3.05) is 17.1 Å². The highest BCUT2D eigenvalue weighted by Gasteiger charge is 2.31. The quantitative estimate of drug-likeness (QED) is 0.528. The molecule has 0 saturated heterocycles. The number of benzene rings is 2. The van der Waals surface area contributed by atoms with Crippen LogP contribution >= 0.6 is 0 Å². The highest BCUT2D eigenvalue weighted by molar-refractivity contribution is 7.92. The molecule has 2 aromatic rings. The largest absolute Gasteiger partial charge is 0.491 e. The van der Waals surface area contributed by atoms with E-state index in [-0.39, 0.29) is 12.0 Å².